The molecule has 0 aliphatic carbocycles. The summed E-state index contributed by atoms with van der Waals surface area (Å²) in [6, 6.07) is 49.2. The van der Waals surface area contributed by atoms with Crippen LogP contribution in [0.2, 0.25) is 0 Å². The largest absolute Gasteiger partial charge is 3.00 e. The molecule has 3 nitrogen and oxygen atoms in total. The Balaban J connectivity index is 0.000000418. The number of aryl methyl sites for hydroxylation is 3. The Hall–Kier alpha value is -4.50. The molecule has 0 aliphatic heterocycles. The molecule has 1 radical (unpaired) electrons. The van der Waals surface area contributed by atoms with E-state index in [4.69, 9.17) is 5.32 Å². The average molecular weight is 779 g/mol. The quantitative estimate of drug-likeness (QED) is 0.148. The normalized spacial score (nSPS) is 10.6. The van der Waals surface area contributed by atoms with Crippen LogP contribution in [0, 0.1) is 34.6 Å². The molecular weight excluding hydrogens is 724 g/mol. The molecule has 0 unspecified atom stereocenters. The minimum Gasteiger partial charge on any atom is -0.683 e. The topological polar surface area (TPSA) is 37.6 Å². The van der Waals surface area contributed by atoms with Gasteiger partial charge in [-0.2, -0.15) is 49.2 Å². The van der Waals surface area contributed by atoms with Crippen LogP contribution < -0.4 is 0 Å². The Morgan fingerprint density at radius 1 is 0.623 bits per heavy atom. The number of rotatable bonds is 9. The van der Waals surface area contributed by atoms with Crippen LogP contribution in [0.1, 0.15) is 65.3 Å². The van der Waals surface area contributed by atoms with Crippen molar-refractivity contribution in [2.75, 3.05) is 13.1 Å². The molecule has 0 aromatic heterocycles. The smallest absolute Gasteiger partial charge is 0.683 e. The summed E-state index contributed by atoms with van der Waals surface area (Å²) in [5.41, 5.74) is 12.3. The van der Waals surface area contributed by atoms with E-state index < -0.39 is 0 Å². The fourth-order valence-corrected chi connectivity index (χ4v) is 6.06. The van der Waals surface area contributed by atoms with E-state index in [0.717, 1.165) is 46.6 Å². The molecule has 0 bridgehead atoms. The first-order chi connectivity index (χ1) is 24.9. The summed E-state index contributed by atoms with van der Waals surface area (Å²) in [6.07, 6.45) is 0. The van der Waals surface area contributed by atoms with Crippen molar-refractivity contribution in [3.8, 4) is 16.9 Å². The molecule has 0 saturated heterocycles. The third-order valence-corrected chi connectivity index (χ3v) is 8.79. The van der Waals surface area contributed by atoms with Gasteiger partial charge in [0.05, 0.1) is 0 Å². The molecule has 6 rings (SSSR count). The maximum Gasteiger partial charge on any atom is 3.00 e. The number of benzene rings is 6. The van der Waals surface area contributed by atoms with Crippen LogP contribution in [0.5, 0.6) is 5.75 Å². The van der Waals surface area contributed by atoms with Gasteiger partial charge < -0.3 is 10.4 Å². The number of aromatic hydroxyl groups is 1. The predicted octanol–water partition coefficient (Wildman–Crippen LogP) is 12.7. The van der Waals surface area contributed by atoms with Gasteiger partial charge in [-0.05, 0) is 55.5 Å². The Morgan fingerprint density at radius 2 is 1.09 bits per heavy atom. The van der Waals surface area contributed by atoms with Crippen molar-refractivity contribution in [3.63, 3.8) is 0 Å². The molecule has 0 fully saturated rings. The van der Waals surface area contributed by atoms with Crippen molar-refractivity contribution in [1.29, 1.82) is 0 Å². The summed E-state index contributed by atoms with van der Waals surface area (Å²) in [6.45, 7) is 23.5. The first-order valence-corrected chi connectivity index (χ1v) is 18.1. The number of hydrogen-bond donors (Lipinski definition) is 1. The van der Waals surface area contributed by atoms with E-state index in [1.54, 1.807) is 0 Å². The van der Waals surface area contributed by atoms with Gasteiger partial charge in [-0.25, -0.2) is 0 Å². The molecular formula is C49H55N2OZr. The van der Waals surface area contributed by atoms with Gasteiger partial charge in [0.25, 0.3) is 0 Å². The summed E-state index contributed by atoms with van der Waals surface area (Å²) in [4.78, 5) is 2.40. The molecule has 271 valence electrons. The fraction of sp³-hybridized carbons (Fsp3) is 0.224. The molecule has 1 N–H and O–H groups in total. The van der Waals surface area contributed by atoms with Crippen LogP contribution in [0.3, 0.4) is 0 Å². The monoisotopic (exact) mass is 777 g/mol. The van der Waals surface area contributed by atoms with Crippen LogP contribution in [0.25, 0.3) is 16.4 Å². The van der Waals surface area contributed by atoms with Gasteiger partial charge in [-0.1, -0.05) is 128 Å². The van der Waals surface area contributed by atoms with E-state index >= 15 is 0 Å². The zero-order valence-electron chi connectivity index (χ0n) is 32.4. The third kappa shape index (κ3) is 14.1. The molecule has 0 saturated carbocycles. The summed E-state index contributed by atoms with van der Waals surface area (Å²) in [5.74, 6) is 0.365. The molecule has 0 amide bonds. The van der Waals surface area contributed by atoms with Gasteiger partial charge in [-0.15, -0.1) is 36.5 Å². The number of phenols is 1. The molecule has 6 aromatic rings. The van der Waals surface area contributed by atoms with Crippen LogP contribution in [-0.4, -0.2) is 23.1 Å². The number of phenolic OH excluding ortho intramolecular Hbond substituents is 1. The van der Waals surface area contributed by atoms with E-state index in [1.165, 1.54) is 27.8 Å². The van der Waals surface area contributed by atoms with E-state index in [0.29, 0.717) is 18.8 Å². The van der Waals surface area contributed by atoms with Crippen molar-refractivity contribution < 1.29 is 31.3 Å². The number of hydrogen-bond acceptors (Lipinski definition) is 2. The van der Waals surface area contributed by atoms with Crippen LogP contribution in [0.15, 0.2) is 146 Å². The van der Waals surface area contributed by atoms with Crippen LogP contribution in [-0.2, 0) is 44.7 Å². The minimum atomic E-state index is -0.0356. The maximum atomic E-state index is 11.5. The summed E-state index contributed by atoms with van der Waals surface area (Å²) in [5, 5.41) is 16.5. The van der Waals surface area contributed by atoms with Gasteiger partial charge in [0.2, 0.25) is 0 Å². The minimum absolute atomic E-state index is 0. The van der Waals surface area contributed by atoms with Gasteiger partial charge in [-0.3, -0.25) is 4.90 Å². The Bertz CT molecular complexity index is 1880. The SMILES string of the molecule is Cc1cc(C)c([N-]CCN(Cc2ccccc2)Cc2cc(C(C)(C)C)cc(-c3ccccc3)c2O)c(C)c1.[CH2-]c1ccccc1.[CH2-]c1ccccc1.[Zr+3]. The molecule has 4 heteroatoms. The second-order valence-electron chi connectivity index (χ2n) is 14.4. The first-order valence-electron chi connectivity index (χ1n) is 18.1. The van der Waals surface area contributed by atoms with Gasteiger partial charge in [0.15, 0.2) is 0 Å². The molecule has 53 heavy (non-hydrogen) atoms. The summed E-state index contributed by atoms with van der Waals surface area (Å²) < 4.78 is 0. The second-order valence-corrected chi connectivity index (χ2v) is 14.4. The third-order valence-electron chi connectivity index (χ3n) is 8.79. The van der Waals surface area contributed by atoms with Crippen LogP contribution >= 0.6 is 0 Å². The zero-order chi connectivity index (χ0) is 37.5. The molecule has 0 heterocycles. The van der Waals surface area contributed by atoms with Crippen molar-refractivity contribution in [3.05, 3.63) is 209 Å². The summed E-state index contributed by atoms with van der Waals surface area (Å²) in [7, 11) is 0. The van der Waals surface area contributed by atoms with Crippen molar-refractivity contribution in [1.82, 2.24) is 4.90 Å². The van der Waals surface area contributed by atoms with Crippen molar-refractivity contribution >= 4 is 5.69 Å². The first kappa shape index (κ1) is 42.9. The predicted molar refractivity (Wildman–Crippen MR) is 223 cm³/mol. The average Bonchev–Trinajstić information content (AvgIpc) is 3.12. The van der Waals surface area contributed by atoms with E-state index in [-0.39, 0.29) is 31.6 Å². The Labute approximate surface area is 339 Å². The molecule has 6 aromatic carbocycles. The zero-order valence-corrected chi connectivity index (χ0v) is 34.9. The Kier molecular flexibility index (Phi) is 17.2. The summed E-state index contributed by atoms with van der Waals surface area (Å²) >= 11 is 0. The van der Waals surface area contributed by atoms with Gasteiger partial charge in [0.1, 0.15) is 5.75 Å². The number of nitrogens with zero attached hydrogens (tertiary/aromatic N) is 2. The van der Waals surface area contributed by atoms with E-state index in [2.05, 4.69) is 127 Å². The van der Waals surface area contributed by atoms with E-state index in [9.17, 15) is 5.11 Å². The molecule has 0 spiro atoms. The fourth-order valence-electron chi connectivity index (χ4n) is 6.06. The standard InChI is InChI=1S/C35H41N2O.2C7H7.Zr/c1-25-19-26(2)33(27(3)20-25)36-17-18-37(23-28-13-9-7-10-14-28)24-30-21-31(35(4,5)6)22-32(34(30)38)29-15-11-8-12-16-29;2*1-7-5-3-2-4-6-7;/h7-16,19-22,38H,17-18,23-24H2,1-6H3;2*2-6H,1H2;/q3*-1;+3. The van der Waals surface area contributed by atoms with Crippen molar-refractivity contribution in [2.24, 2.45) is 0 Å². The van der Waals surface area contributed by atoms with Crippen molar-refractivity contribution in [2.45, 2.75) is 60.0 Å². The second kappa shape index (κ2) is 21.3. The van der Waals surface area contributed by atoms with E-state index in [1.807, 2.05) is 78.9 Å². The maximum absolute atomic E-state index is 11.5. The molecule has 0 atom stereocenters. The van der Waals surface area contributed by atoms with Gasteiger partial charge in [0, 0.05) is 24.2 Å². The van der Waals surface area contributed by atoms with Gasteiger partial charge >= 0.3 is 26.2 Å². The van der Waals surface area contributed by atoms with Crippen LogP contribution in [0.4, 0.5) is 5.69 Å². The molecule has 0 aliphatic rings. The Morgan fingerprint density at radius 3 is 1.55 bits per heavy atom.